The van der Waals surface area contributed by atoms with E-state index in [2.05, 4.69) is 13.8 Å². The first-order chi connectivity index (χ1) is 13.5. The van der Waals surface area contributed by atoms with Gasteiger partial charge in [0.05, 0.1) is 6.10 Å². The fraction of sp³-hybridized carbons (Fsp3) is 1.00. The van der Waals surface area contributed by atoms with Crippen molar-refractivity contribution in [3.05, 3.63) is 0 Å². The van der Waals surface area contributed by atoms with E-state index in [9.17, 15) is 5.11 Å². The molecule has 0 aliphatic heterocycles. The van der Waals surface area contributed by atoms with E-state index in [4.69, 9.17) is 0 Å². The molecule has 5 aliphatic carbocycles. The van der Waals surface area contributed by atoms with Crippen LogP contribution >= 0.6 is 0 Å². The summed E-state index contributed by atoms with van der Waals surface area (Å²) in [5.74, 6) is 5.91. The van der Waals surface area contributed by atoms with Gasteiger partial charge in [0.2, 0.25) is 0 Å². The van der Waals surface area contributed by atoms with Crippen LogP contribution in [0.1, 0.15) is 117 Å². The van der Waals surface area contributed by atoms with Gasteiger partial charge < -0.3 is 5.11 Å². The molecule has 5 rings (SSSR count). The third-order valence-electron chi connectivity index (χ3n) is 11.5. The summed E-state index contributed by atoms with van der Waals surface area (Å²) in [6, 6.07) is 0. The maximum Gasteiger partial charge on any atom is 0.0543 e. The van der Waals surface area contributed by atoms with Crippen LogP contribution in [0.2, 0.25) is 0 Å². The number of hydrogen-bond donors (Lipinski definition) is 1. The number of hydrogen-bond acceptors (Lipinski definition) is 1. The van der Waals surface area contributed by atoms with Crippen molar-refractivity contribution in [1.29, 1.82) is 0 Å². The van der Waals surface area contributed by atoms with Crippen molar-refractivity contribution in [2.45, 2.75) is 123 Å². The summed E-state index contributed by atoms with van der Waals surface area (Å²) in [4.78, 5) is 0. The molecule has 0 heterocycles. The van der Waals surface area contributed by atoms with Gasteiger partial charge >= 0.3 is 0 Å². The van der Waals surface area contributed by atoms with Gasteiger partial charge in [0, 0.05) is 0 Å². The Balaban J connectivity index is 1.25. The van der Waals surface area contributed by atoms with E-state index in [0.717, 1.165) is 48.3 Å². The van der Waals surface area contributed by atoms with E-state index in [-0.39, 0.29) is 6.10 Å². The van der Waals surface area contributed by atoms with Crippen molar-refractivity contribution in [1.82, 2.24) is 0 Å². The van der Waals surface area contributed by atoms with Crippen molar-refractivity contribution >= 4 is 0 Å². The summed E-state index contributed by atoms with van der Waals surface area (Å²) in [7, 11) is 0. The smallest absolute Gasteiger partial charge is 0.0543 e. The molecule has 0 aromatic heterocycles. The monoisotopic (exact) mass is 386 g/mol. The van der Waals surface area contributed by atoms with Crippen LogP contribution in [-0.2, 0) is 0 Å². The molecule has 1 heteroatoms. The fourth-order valence-corrected chi connectivity index (χ4v) is 9.77. The van der Waals surface area contributed by atoms with Gasteiger partial charge in [-0.1, -0.05) is 52.4 Å². The van der Waals surface area contributed by atoms with Crippen molar-refractivity contribution in [3.8, 4) is 0 Å². The van der Waals surface area contributed by atoms with Crippen LogP contribution in [0.25, 0.3) is 0 Å². The number of rotatable bonds is 4. The molecule has 0 aromatic rings. The Morgan fingerprint density at radius 2 is 1.50 bits per heavy atom. The zero-order valence-corrected chi connectivity index (χ0v) is 18.8. The van der Waals surface area contributed by atoms with Crippen molar-refractivity contribution in [3.63, 3.8) is 0 Å². The highest BCUT2D eigenvalue weighted by Gasteiger charge is 2.59. The average Bonchev–Trinajstić information content (AvgIpc) is 3.30. The Labute approximate surface area is 174 Å². The van der Waals surface area contributed by atoms with Gasteiger partial charge in [0.25, 0.3) is 0 Å². The molecule has 8 unspecified atom stereocenters. The maximum atomic E-state index is 10.2. The minimum atomic E-state index is -0.000732. The molecule has 0 amide bonds. The van der Waals surface area contributed by atoms with E-state index in [1.54, 1.807) is 0 Å². The molecule has 28 heavy (non-hydrogen) atoms. The summed E-state index contributed by atoms with van der Waals surface area (Å²) < 4.78 is 0. The number of aliphatic hydroxyl groups is 1. The zero-order valence-electron chi connectivity index (χ0n) is 18.8. The second kappa shape index (κ2) is 7.58. The topological polar surface area (TPSA) is 20.2 Å². The van der Waals surface area contributed by atoms with Crippen LogP contribution < -0.4 is 0 Å². The van der Waals surface area contributed by atoms with Gasteiger partial charge in [-0.05, 0) is 111 Å². The first kappa shape index (κ1) is 19.9. The largest absolute Gasteiger partial charge is 0.393 e. The standard InChI is InChI=1S/C27H46O/c1-26-17-15-25-23(12-10-21-18-22(28)14-16-27(21,25)2)24(26)13-11-20(26)9-5-8-19-6-3-4-7-19/h19-25,28H,3-18H2,1-2H3. The third kappa shape index (κ3) is 3.21. The van der Waals surface area contributed by atoms with Crippen LogP contribution in [0.4, 0.5) is 0 Å². The molecule has 5 aliphatic rings. The maximum absolute atomic E-state index is 10.2. The van der Waals surface area contributed by atoms with Gasteiger partial charge in [0.1, 0.15) is 0 Å². The molecule has 1 nitrogen and oxygen atoms in total. The first-order valence-electron chi connectivity index (χ1n) is 13.2. The minimum absolute atomic E-state index is 0.000732. The molecular weight excluding hydrogens is 340 g/mol. The molecule has 5 fully saturated rings. The second-order valence-corrected chi connectivity index (χ2v) is 12.5. The van der Waals surface area contributed by atoms with Crippen LogP contribution in [0, 0.1) is 46.3 Å². The summed E-state index contributed by atoms with van der Waals surface area (Å²) in [5, 5.41) is 10.2. The summed E-state index contributed by atoms with van der Waals surface area (Å²) >= 11 is 0. The first-order valence-corrected chi connectivity index (χ1v) is 13.2. The van der Waals surface area contributed by atoms with Gasteiger partial charge in [-0.15, -0.1) is 0 Å². The lowest BCUT2D eigenvalue weighted by molar-refractivity contribution is -0.127. The molecule has 160 valence electrons. The molecule has 0 radical (unpaired) electrons. The van der Waals surface area contributed by atoms with Crippen molar-refractivity contribution < 1.29 is 5.11 Å². The average molecular weight is 387 g/mol. The number of fused-ring (bicyclic) bond motifs is 5. The highest BCUT2D eigenvalue weighted by molar-refractivity contribution is 5.09. The lowest BCUT2D eigenvalue weighted by atomic mass is 9.44. The van der Waals surface area contributed by atoms with E-state index in [1.165, 1.54) is 89.9 Å². The lowest BCUT2D eigenvalue weighted by Crippen LogP contribution is -2.53. The molecular formula is C27H46O. The summed E-state index contributed by atoms with van der Waals surface area (Å²) in [6.07, 6.45) is 23.1. The highest BCUT2D eigenvalue weighted by Crippen LogP contribution is 2.67. The third-order valence-corrected chi connectivity index (χ3v) is 11.5. The summed E-state index contributed by atoms with van der Waals surface area (Å²) in [6.45, 7) is 5.36. The van der Waals surface area contributed by atoms with E-state index in [1.807, 2.05) is 0 Å². The quantitative estimate of drug-likeness (QED) is 0.535. The Kier molecular flexibility index (Phi) is 5.39. The van der Waals surface area contributed by atoms with E-state index >= 15 is 0 Å². The molecule has 0 bridgehead atoms. The van der Waals surface area contributed by atoms with Crippen LogP contribution in [0.3, 0.4) is 0 Å². The Hall–Kier alpha value is -0.0400. The van der Waals surface area contributed by atoms with Crippen molar-refractivity contribution in [2.24, 2.45) is 46.3 Å². The summed E-state index contributed by atoms with van der Waals surface area (Å²) in [5.41, 5.74) is 1.21. The van der Waals surface area contributed by atoms with Crippen LogP contribution in [0.15, 0.2) is 0 Å². The van der Waals surface area contributed by atoms with Gasteiger partial charge in [-0.2, -0.15) is 0 Å². The molecule has 8 atom stereocenters. The van der Waals surface area contributed by atoms with Crippen LogP contribution in [-0.4, -0.2) is 11.2 Å². The molecule has 0 saturated heterocycles. The van der Waals surface area contributed by atoms with Gasteiger partial charge in [0.15, 0.2) is 0 Å². The Morgan fingerprint density at radius 3 is 2.32 bits per heavy atom. The zero-order chi connectivity index (χ0) is 19.4. The Bertz CT molecular complexity index is 550. The van der Waals surface area contributed by atoms with Gasteiger partial charge in [-0.25, -0.2) is 0 Å². The lowest BCUT2D eigenvalue weighted by Gasteiger charge is -2.61. The normalized spacial score (nSPS) is 51.5. The SMILES string of the molecule is CC12CCC3C(CCC4CC(O)CCC43C)C1CCC2CCCC1CCCC1. The molecule has 0 spiro atoms. The Morgan fingerprint density at radius 1 is 0.750 bits per heavy atom. The van der Waals surface area contributed by atoms with E-state index in [0.29, 0.717) is 10.8 Å². The minimum Gasteiger partial charge on any atom is -0.393 e. The second-order valence-electron chi connectivity index (χ2n) is 12.5. The van der Waals surface area contributed by atoms with Gasteiger partial charge in [-0.3, -0.25) is 0 Å². The highest BCUT2D eigenvalue weighted by atomic mass is 16.3. The fourth-order valence-electron chi connectivity index (χ4n) is 9.77. The predicted molar refractivity (Wildman–Crippen MR) is 117 cm³/mol. The van der Waals surface area contributed by atoms with E-state index < -0.39 is 0 Å². The molecule has 1 N–H and O–H groups in total. The van der Waals surface area contributed by atoms with Crippen LogP contribution in [0.5, 0.6) is 0 Å². The predicted octanol–water partition coefficient (Wildman–Crippen LogP) is 7.37. The number of aliphatic hydroxyl groups excluding tert-OH is 1. The molecule has 0 aromatic carbocycles. The van der Waals surface area contributed by atoms with Crippen molar-refractivity contribution in [2.75, 3.05) is 0 Å². The molecule has 5 saturated carbocycles.